The second kappa shape index (κ2) is 5.17. The molecular formula is C15H18N2O3. The number of amides is 2. The molecule has 0 fully saturated rings. The zero-order chi connectivity index (χ0) is 15.0. The first kappa shape index (κ1) is 14.4. The van der Waals surface area contributed by atoms with Gasteiger partial charge >= 0.3 is 0 Å². The van der Waals surface area contributed by atoms with Crippen molar-refractivity contribution in [3.8, 4) is 0 Å². The Labute approximate surface area is 117 Å². The van der Waals surface area contributed by atoms with Gasteiger partial charge < -0.3 is 5.73 Å². The first-order chi connectivity index (χ1) is 9.36. The van der Waals surface area contributed by atoms with E-state index in [2.05, 4.69) is 0 Å². The Bertz CT molecular complexity index is 543. The van der Waals surface area contributed by atoms with Crippen LogP contribution in [0.5, 0.6) is 0 Å². The minimum atomic E-state index is -0.817. The van der Waals surface area contributed by atoms with Gasteiger partial charge in [-0.1, -0.05) is 26.0 Å². The molecule has 2 unspecified atom stereocenters. The van der Waals surface area contributed by atoms with Crippen LogP contribution in [0.4, 0.5) is 0 Å². The van der Waals surface area contributed by atoms with Gasteiger partial charge in [0.1, 0.15) is 6.04 Å². The number of imide groups is 1. The number of carbonyl (C=O) groups is 3. The molecule has 1 heterocycles. The molecule has 0 aliphatic carbocycles. The number of ketones is 1. The van der Waals surface area contributed by atoms with E-state index >= 15 is 0 Å². The number of nitrogens with zero attached hydrogens (tertiary/aromatic N) is 1. The van der Waals surface area contributed by atoms with E-state index in [0.29, 0.717) is 11.1 Å². The minimum absolute atomic E-state index is 0.185. The topological polar surface area (TPSA) is 80.5 Å². The van der Waals surface area contributed by atoms with E-state index in [1.807, 2.05) is 0 Å². The van der Waals surface area contributed by atoms with Crippen LogP contribution < -0.4 is 5.73 Å². The molecule has 20 heavy (non-hydrogen) atoms. The Kier molecular flexibility index (Phi) is 3.72. The van der Waals surface area contributed by atoms with E-state index in [1.54, 1.807) is 45.0 Å². The second-order valence-electron chi connectivity index (χ2n) is 5.41. The van der Waals surface area contributed by atoms with Crippen molar-refractivity contribution in [2.75, 3.05) is 0 Å². The minimum Gasteiger partial charge on any atom is -0.322 e. The number of nitrogens with two attached hydrogens (primary N) is 1. The zero-order valence-electron chi connectivity index (χ0n) is 11.8. The fourth-order valence-electron chi connectivity index (χ4n) is 2.48. The molecule has 0 bridgehead atoms. The lowest BCUT2D eigenvalue weighted by atomic mass is 9.94. The van der Waals surface area contributed by atoms with Gasteiger partial charge in [-0.3, -0.25) is 19.3 Å². The third-order valence-electron chi connectivity index (χ3n) is 3.48. The van der Waals surface area contributed by atoms with E-state index in [9.17, 15) is 14.4 Å². The number of hydrogen-bond donors (Lipinski definition) is 1. The summed E-state index contributed by atoms with van der Waals surface area (Å²) in [5.74, 6) is -1.32. The summed E-state index contributed by atoms with van der Waals surface area (Å²) in [6, 6.07) is 5.07. The summed E-state index contributed by atoms with van der Waals surface area (Å²) in [7, 11) is 0. The van der Waals surface area contributed by atoms with Gasteiger partial charge in [0.05, 0.1) is 17.2 Å². The average molecular weight is 274 g/mol. The normalized spacial score (nSPS) is 17.4. The van der Waals surface area contributed by atoms with E-state index < -0.39 is 23.9 Å². The summed E-state index contributed by atoms with van der Waals surface area (Å²) < 4.78 is 0. The number of fused-ring (bicyclic) bond motifs is 1. The van der Waals surface area contributed by atoms with Gasteiger partial charge in [0.2, 0.25) is 0 Å². The van der Waals surface area contributed by atoms with E-state index in [4.69, 9.17) is 5.73 Å². The predicted molar refractivity (Wildman–Crippen MR) is 74.2 cm³/mol. The largest absolute Gasteiger partial charge is 0.322 e. The highest BCUT2D eigenvalue weighted by molar-refractivity contribution is 6.23. The lowest BCUT2D eigenvalue weighted by Gasteiger charge is -2.29. The van der Waals surface area contributed by atoms with Crippen LogP contribution in [0.1, 0.15) is 41.5 Å². The molecule has 1 aliphatic heterocycles. The molecule has 2 atom stereocenters. The van der Waals surface area contributed by atoms with E-state index in [1.165, 1.54) is 0 Å². The number of carbonyl (C=O) groups excluding carboxylic acids is 3. The van der Waals surface area contributed by atoms with Crippen molar-refractivity contribution >= 4 is 17.6 Å². The van der Waals surface area contributed by atoms with Gasteiger partial charge in [-0.15, -0.1) is 0 Å². The Morgan fingerprint density at radius 2 is 1.50 bits per heavy atom. The fraction of sp³-hybridized carbons (Fsp3) is 0.400. The van der Waals surface area contributed by atoms with Crippen molar-refractivity contribution in [3.63, 3.8) is 0 Å². The zero-order valence-corrected chi connectivity index (χ0v) is 11.8. The summed E-state index contributed by atoms with van der Waals surface area (Å²) in [4.78, 5) is 38.1. The van der Waals surface area contributed by atoms with Gasteiger partial charge in [-0.05, 0) is 25.0 Å². The molecule has 2 rings (SSSR count). The molecule has 5 nitrogen and oxygen atoms in total. The molecule has 2 N–H and O–H groups in total. The number of benzene rings is 1. The van der Waals surface area contributed by atoms with Crippen molar-refractivity contribution < 1.29 is 14.4 Å². The highest BCUT2D eigenvalue weighted by atomic mass is 16.2. The molecular weight excluding hydrogens is 256 g/mol. The van der Waals surface area contributed by atoms with E-state index in [-0.39, 0.29) is 11.7 Å². The van der Waals surface area contributed by atoms with Crippen molar-refractivity contribution in [1.29, 1.82) is 0 Å². The quantitative estimate of drug-likeness (QED) is 0.837. The van der Waals surface area contributed by atoms with Crippen LogP contribution in [-0.2, 0) is 4.79 Å². The Hall–Kier alpha value is -2.01. The average Bonchev–Trinajstić information content (AvgIpc) is 2.64. The number of Topliss-reactive ketones (excluding diaryl/α,β-unsaturated/α-hetero) is 1. The molecule has 2 amide bonds. The Morgan fingerprint density at radius 3 is 1.85 bits per heavy atom. The third-order valence-corrected chi connectivity index (χ3v) is 3.48. The Balaban J connectivity index is 2.45. The lowest BCUT2D eigenvalue weighted by Crippen LogP contribution is -2.52. The van der Waals surface area contributed by atoms with Gasteiger partial charge in [0, 0.05) is 0 Å². The molecule has 5 heteroatoms. The van der Waals surface area contributed by atoms with Crippen molar-refractivity contribution in [1.82, 2.24) is 4.90 Å². The van der Waals surface area contributed by atoms with Gasteiger partial charge in [-0.2, -0.15) is 0 Å². The lowest BCUT2D eigenvalue weighted by molar-refractivity contribution is -0.125. The Morgan fingerprint density at radius 1 is 1.05 bits per heavy atom. The SMILES string of the molecule is CC(N)C(=O)C(C(C)C)N1C(=O)c2ccccc2C1=O. The first-order valence-electron chi connectivity index (χ1n) is 6.62. The number of hydrogen-bond acceptors (Lipinski definition) is 4. The molecule has 0 spiro atoms. The molecule has 1 aromatic rings. The summed E-state index contributed by atoms with van der Waals surface area (Å²) in [6.45, 7) is 5.17. The van der Waals surface area contributed by atoms with Crippen LogP contribution in [0.25, 0.3) is 0 Å². The summed E-state index contributed by atoms with van der Waals surface area (Å²) in [5.41, 5.74) is 6.33. The first-order valence-corrected chi connectivity index (χ1v) is 6.62. The van der Waals surface area contributed by atoms with Crippen LogP contribution >= 0.6 is 0 Å². The summed E-state index contributed by atoms with van der Waals surface area (Å²) in [6.07, 6.45) is 0. The van der Waals surface area contributed by atoms with Crippen molar-refractivity contribution in [2.45, 2.75) is 32.9 Å². The molecule has 0 aromatic heterocycles. The number of rotatable bonds is 4. The van der Waals surface area contributed by atoms with Crippen LogP contribution in [0, 0.1) is 5.92 Å². The van der Waals surface area contributed by atoms with Gasteiger partial charge in [0.15, 0.2) is 5.78 Å². The van der Waals surface area contributed by atoms with E-state index in [0.717, 1.165) is 4.90 Å². The summed E-state index contributed by atoms with van der Waals surface area (Å²) >= 11 is 0. The molecule has 0 radical (unpaired) electrons. The predicted octanol–water partition coefficient (Wildman–Crippen LogP) is 1.22. The molecule has 0 saturated carbocycles. The summed E-state index contributed by atoms with van der Waals surface area (Å²) in [5, 5.41) is 0. The molecule has 1 aliphatic rings. The molecule has 1 aromatic carbocycles. The maximum atomic E-state index is 12.4. The maximum absolute atomic E-state index is 12.4. The van der Waals surface area contributed by atoms with Gasteiger partial charge in [-0.25, -0.2) is 0 Å². The maximum Gasteiger partial charge on any atom is 0.262 e. The highest BCUT2D eigenvalue weighted by Gasteiger charge is 2.44. The van der Waals surface area contributed by atoms with Crippen LogP contribution in [0.2, 0.25) is 0 Å². The van der Waals surface area contributed by atoms with Gasteiger partial charge in [0.25, 0.3) is 11.8 Å². The smallest absolute Gasteiger partial charge is 0.262 e. The van der Waals surface area contributed by atoms with Crippen LogP contribution in [0.15, 0.2) is 24.3 Å². The third kappa shape index (κ3) is 2.14. The van der Waals surface area contributed by atoms with Crippen LogP contribution in [-0.4, -0.2) is 34.6 Å². The van der Waals surface area contributed by atoms with Crippen molar-refractivity contribution in [2.24, 2.45) is 11.7 Å². The molecule has 0 saturated heterocycles. The second-order valence-corrected chi connectivity index (χ2v) is 5.41. The monoisotopic (exact) mass is 274 g/mol. The fourth-order valence-corrected chi connectivity index (χ4v) is 2.48. The van der Waals surface area contributed by atoms with Crippen LogP contribution in [0.3, 0.4) is 0 Å². The highest BCUT2D eigenvalue weighted by Crippen LogP contribution is 2.27. The van der Waals surface area contributed by atoms with Crippen molar-refractivity contribution in [3.05, 3.63) is 35.4 Å². The standard InChI is InChI=1S/C15H18N2O3/c1-8(2)12(13(18)9(3)16)17-14(19)10-6-4-5-7-11(10)15(17)20/h4-9,12H,16H2,1-3H3. The molecule has 106 valence electrons.